The minimum atomic E-state index is -0.0756. The van der Waals surface area contributed by atoms with E-state index in [1.807, 2.05) is 6.92 Å². The molecule has 0 fully saturated rings. The van der Waals surface area contributed by atoms with E-state index in [0.29, 0.717) is 19.0 Å². The molecule has 1 aromatic heterocycles. The molecule has 0 unspecified atom stereocenters. The van der Waals surface area contributed by atoms with Crippen LogP contribution in [0.3, 0.4) is 0 Å². The molecular formula is C7H13N3O2. The van der Waals surface area contributed by atoms with E-state index in [1.165, 1.54) is 0 Å². The summed E-state index contributed by atoms with van der Waals surface area (Å²) in [5.41, 5.74) is 0.565. The Morgan fingerprint density at radius 2 is 2.50 bits per heavy atom. The molecular weight excluding hydrogens is 158 g/mol. The van der Waals surface area contributed by atoms with E-state index in [-0.39, 0.29) is 6.61 Å². The Balaban J connectivity index is 2.31. The lowest BCUT2D eigenvalue weighted by Crippen LogP contribution is -2.03. The molecule has 5 nitrogen and oxygen atoms in total. The largest absolute Gasteiger partial charge is 0.390 e. The Labute approximate surface area is 71.0 Å². The van der Waals surface area contributed by atoms with Crippen molar-refractivity contribution in [2.75, 3.05) is 6.61 Å². The van der Waals surface area contributed by atoms with Gasteiger partial charge in [0.05, 0.1) is 12.8 Å². The molecule has 0 saturated carbocycles. The van der Waals surface area contributed by atoms with Crippen LogP contribution in [0.2, 0.25) is 0 Å². The highest BCUT2D eigenvalue weighted by atomic mass is 16.5. The van der Waals surface area contributed by atoms with E-state index in [1.54, 1.807) is 10.9 Å². The summed E-state index contributed by atoms with van der Waals surface area (Å²) in [6.07, 6.45) is 2.65. The summed E-state index contributed by atoms with van der Waals surface area (Å²) in [7, 11) is 0. The summed E-state index contributed by atoms with van der Waals surface area (Å²) < 4.78 is 6.76. The number of aromatic nitrogens is 3. The maximum Gasteiger partial charge on any atom is 0.141 e. The number of hydrogen-bond acceptors (Lipinski definition) is 4. The van der Waals surface area contributed by atoms with Crippen LogP contribution >= 0.6 is 0 Å². The van der Waals surface area contributed by atoms with Gasteiger partial charge in [0.25, 0.3) is 0 Å². The highest BCUT2D eigenvalue weighted by Crippen LogP contribution is 1.92. The molecule has 1 heterocycles. The first-order valence-corrected chi connectivity index (χ1v) is 3.94. The Morgan fingerprint density at radius 1 is 1.67 bits per heavy atom. The van der Waals surface area contributed by atoms with Gasteiger partial charge < -0.3 is 9.84 Å². The zero-order chi connectivity index (χ0) is 8.81. The number of nitrogens with zero attached hydrogens (tertiary/aromatic N) is 3. The van der Waals surface area contributed by atoms with Crippen LogP contribution in [0.4, 0.5) is 0 Å². The molecule has 0 saturated heterocycles. The van der Waals surface area contributed by atoms with Crippen LogP contribution in [-0.4, -0.2) is 26.7 Å². The number of ether oxygens (including phenoxy) is 1. The van der Waals surface area contributed by atoms with Crippen molar-refractivity contribution in [1.82, 2.24) is 15.0 Å². The fourth-order valence-electron chi connectivity index (χ4n) is 0.776. The van der Waals surface area contributed by atoms with Gasteiger partial charge in [-0.3, -0.25) is 0 Å². The molecule has 1 rings (SSSR count). The summed E-state index contributed by atoms with van der Waals surface area (Å²) in [6, 6.07) is 0. The maximum absolute atomic E-state index is 8.67. The molecule has 68 valence electrons. The topological polar surface area (TPSA) is 60.2 Å². The predicted octanol–water partition coefficient (Wildman–Crippen LogP) is 0.154. The molecule has 0 spiro atoms. The lowest BCUT2D eigenvalue weighted by atomic mass is 10.5. The summed E-state index contributed by atoms with van der Waals surface area (Å²) in [5, 5.41) is 16.1. The van der Waals surface area contributed by atoms with Gasteiger partial charge in [-0.2, -0.15) is 0 Å². The van der Waals surface area contributed by atoms with Crippen LogP contribution in [0.25, 0.3) is 0 Å². The lowest BCUT2D eigenvalue weighted by Gasteiger charge is -1.99. The second-order valence-electron chi connectivity index (χ2n) is 2.44. The van der Waals surface area contributed by atoms with Crippen LogP contribution in [0, 0.1) is 0 Å². The normalized spacial score (nSPS) is 10.5. The Hall–Kier alpha value is -0.940. The van der Waals surface area contributed by atoms with Gasteiger partial charge in [-0.15, -0.1) is 5.10 Å². The van der Waals surface area contributed by atoms with E-state index in [4.69, 9.17) is 9.84 Å². The zero-order valence-corrected chi connectivity index (χ0v) is 7.10. The highest BCUT2D eigenvalue weighted by molar-refractivity contribution is 4.88. The molecule has 1 N–H and O–H groups in total. The Morgan fingerprint density at radius 3 is 3.08 bits per heavy atom. The summed E-state index contributed by atoms with van der Waals surface area (Å²) >= 11 is 0. The van der Waals surface area contributed by atoms with Crippen molar-refractivity contribution in [3.8, 4) is 0 Å². The highest BCUT2D eigenvalue weighted by Gasteiger charge is 1.97. The van der Waals surface area contributed by atoms with E-state index in [2.05, 4.69) is 10.3 Å². The third-order valence-corrected chi connectivity index (χ3v) is 1.32. The number of aliphatic hydroxyl groups excluding tert-OH is 1. The fourth-order valence-corrected chi connectivity index (χ4v) is 0.776. The standard InChI is InChI=1S/C7H13N3O2/c1-2-3-12-6-10-4-7(5-11)8-9-10/h4,11H,2-3,5-6H2,1H3. The van der Waals surface area contributed by atoms with Crippen molar-refractivity contribution in [1.29, 1.82) is 0 Å². The summed E-state index contributed by atoms with van der Waals surface area (Å²) in [4.78, 5) is 0. The van der Waals surface area contributed by atoms with Crippen molar-refractivity contribution in [3.63, 3.8) is 0 Å². The summed E-state index contributed by atoms with van der Waals surface area (Å²) in [5.74, 6) is 0. The van der Waals surface area contributed by atoms with Gasteiger partial charge in [0, 0.05) is 6.61 Å². The molecule has 5 heteroatoms. The van der Waals surface area contributed by atoms with Crippen molar-refractivity contribution < 1.29 is 9.84 Å². The minimum Gasteiger partial charge on any atom is -0.390 e. The van der Waals surface area contributed by atoms with Gasteiger partial charge in [-0.25, -0.2) is 4.68 Å². The van der Waals surface area contributed by atoms with Crippen LogP contribution < -0.4 is 0 Å². The maximum atomic E-state index is 8.67. The van der Waals surface area contributed by atoms with E-state index in [0.717, 1.165) is 6.42 Å². The van der Waals surface area contributed by atoms with E-state index in [9.17, 15) is 0 Å². The second kappa shape index (κ2) is 4.84. The fraction of sp³-hybridized carbons (Fsp3) is 0.714. The molecule has 1 aromatic rings. The van der Waals surface area contributed by atoms with Crippen LogP contribution in [-0.2, 0) is 18.1 Å². The van der Waals surface area contributed by atoms with E-state index >= 15 is 0 Å². The molecule has 0 aliphatic heterocycles. The van der Waals surface area contributed by atoms with Crippen molar-refractivity contribution >= 4 is 0 Å². The molecule has 0 atom stereocenters. The quantitative estimate of drug-likeness (QED) is 0.641. The van der Waals surface area contributed by atoms with Crippen LogP contribution in [0.15, 0.2) is 6.20 Å². The van der Waals surface area contributed by atoms with Gasteiger partial charge in [0.1, 0.15) is 12.4 Å². The first-order chi connectivity index (χ1) is 5.86. The molecule has 12 heavy (non-hydrogen) atoms. The number of hydrogen-bond donors (Lipinski definition) is 1. The molecule has 0 aliphatic carbocycles. The Bertz CT molecular complexity index is 224. The molecule has 0 radical (unpaired) electrons. The average Bonchev–Trinajstić information content (AvgIpc) is 2.53. The van der Waals surface area contributed by atoms with Gasteiger partial charge in [0.2, 0.25) is 0 Å². The molecule has 0 aromatic carbocycles. The molecule has 0 aliphatic rings. The van der Waals surface area contributed by atoms with Crippen molar-refractivity contribution in [3.05, 3.63) is 11.9 Å². The monoisotopic (exact) mass is 171 g/mol. The third-order valence-electron chi connectivity index (χ3n) is 1.32. The number of aliphatic hydroxyl groups is 1. The minimum absolute atomic E-state index is 0.0756. The molecule has 0 amide bonds. The van der Waals surface area contributed by atoms with Crippen LogP contribution in [0.5, 0.6) is 0 Å². The summed E-state index contributed by atoms with van der Waals surface area (Å²) in [6.45, 7) is 3.09. The van der Waals surface area contributed by atoms with Gasteiger partial charge in [-0.1, -0.05) is 12.1 Å². The van der Waals surface area contributed by atoms with Gasteiger partial charge in [-0.05, 0) is 6.42 Å². The SMILES string of the molecule is CCCOCn1cc(CO)nn1. The first-order valence-electron chi connectivity index (χ1n) is 3.94. The van der Waals surface area contributed by atoms with Crippen molar-refractivity contribution in [2.24, 2.45) is 0 Å². The zero-order valence-electron chi connectivity index (χ0n) is 7.10. The molecule has 0 bridgehead atoms. The smallest absolute Gasteiger partial charge is 0.141 e. The lowest BCUT2D eigenvalue weighted by molar-refractivity contribution is 0.0680. The number of rotatable bonds is 5. The predicted molar refractivity (Wildman–Crippen MR) is 42.2 cm³/mol. The average molecular weight is 171 g/mol. The third kappa shape index (κ3) is 2.60. The van der Waals surface area contributed by atoms with Gasteiger partial charge >= 0.3 is 0 Å². The Kier molecular flexibility index (Phi) is 3.69. The first kappa shape index (κ1) is 9.15. The van der Waals surface area contributed by atoms with Gasteiger partial charge in [0.15, 0.2) is 0 Å². The van der Waals surface area contributed by atoms with Crippen molar-refractivity contribution in [2.45, 2.75) is 26.7 Å². The second-order valence-corrected chi connectivity index (χ2v) is 2.44. The van der Waals surface area contributed by atoms with E-state index < -0.39 is 0 Å². The van der Waals surface area contributed by atoms with Crippen LogP contribution in [0.1, 0.15) is 19.0 Å².